The molecule has 1 saturated carbocycles. The molecule has 1 aliphatic carbocycles. The van der Waals surface area contributed by atoms with Crippen LogP contribution in [0.15, 0.2) is 18.2 Å². The number of hydrogen-bond donors (Lipinski definition) is 1. The summed E-state index contributed by atoms with van der Waals surface area (Å²) < 4.78 is 90.0. The van der Waals surface area contributed by atoms with Gasteiger partial charge in [-0.25, -0.2) is 0 Å². The lowest BCUT2D eigenvalue weighted by Crippen LogP contribution is -2.28. The molecule has 0 aromatic heterocycles. The van der Waals surface area contributed by atoms with Crippen molar-refractivity contribution in [3.05, 3.63) is 29.3 Å². The largest absolute Gasteiger partial charge is 0.534 e. The van der Waals surface area contributed by atoms with Gasteiger partial charge in [0.05, 0.1) is 11.8 Å². The molecule has 0 heterocycles. The number of benzene rings is 1. The van der Waals surface area contributed by atoms with Crippen molar-refractivity contribution in [2.24, 2.45) is 5.92 Å². The van der Waals surface area contributed by atoms with Crippen LogP contribution in [0.25, 0.3) is 0 Å². The first-order chi connectivity index (χ1) is 16.2. The van der Waals surface area contributed by atoms with Crippen LogP contribution in [0.5, 0.6) is 5.75 Å². The van der Waals surface area contributed by atoms with Gasteiger partial charge in [-0.2, -0.15) is 35.3 Å². The Bertz CT molecular complexity index is 1030. The minimum atomic E-state index is -5.80. The molecule has 1 N–H and O–H groups in total. The third-order valence-corrected chi connectivity index (χ3v) is 6.86. The Morgan fingerprint density at radius 3 is 2.09 bits per heavy atom. The van der Waals surface area contributed by atoms with E-state index in [4.69, 9.17) is 4.55 Å². The Morgan fingerprint density at radius 2 is 1.57 bits per heavy atom. The summed E-state index contributed by atoms with van der Waals surface area (Å²) in [6.45, 7) is 2.21. The summed E-state index contributed by atoms with van der Waals surface area (Å²) in [4.78, 5) is 0. The second kappa shape index (κ2) is 14.0. The van der Waals surface area contributed by atoms with Crippen LogP contribution in [-0.4, -0.2) is 33.2 Å². The molecule has 0 unspecified atom stereocenters. The molecule has 7 nitrogen and oxygen atoms in total. The van der Waals surface area contributed by atoms with E-state index in [0.717, 1.165) is 37.3 Å². The van der Waals surface area contributed by atoms with Crippen LogP contribution >= 0.6 is 0 Å². The Balaban J connectivity index is 0.00000111. The van der Waals surface area contributed by atoms with Gasteiger partial charge in [-0.1, -0.05) is 57.9 Å². The van der Waals surface area contributed by atoms with E-state index in [-0.39, 0.29) is 11.5 Å². The van der Waals surface area contributed by atoms with E-state index >= 15 is 0 Å². The monoisotopic (exact) mass is 541 g/mol. The Hall–Kier alpha value is -1.84. The highest BCUT2D eigenvalue weighted by Gasteiger charge is 2.48. The third kappa shape index (κ3) is 12.1. The van der Waals surface area contributed by atoms with E-state index in [1.807, 2.05) is 0 Å². The number of rotatable bonds is 10. The first-order valence-electron chi connectivity index (χ1n) is 11.6. The first-order valence-corrected chi connectivity index (χ1v) is 14.9. The molecule has 0 amide bonds. The summed E-state index contributed by atoms with van der Waals surface area (Å²) in [6, 6.07) is 5.93. The van der Waals surface area contributed by atoms with Crippen LogP contribution in [0.4, 0.5) is 13.2 Å². The van der Waals surface area contributed by atoms with Crippen molar-refractivity contribution in [2.75, 3.05) is 6.26 Å². The minimum Gasteiger partial charge on any atom is -0.375 e. The highest BCUT2D eigenvalue weighted by Crippen LogP contribution is 2.39. The standard InChI is InChI=1S/C22H30F3NO3S.CH4O3S/c1-2-3-4-5-6-7-8-17-9-11-18(12-10-17)19-13-14-21(20(15-19)16-26)29-30(27,28)22(23,24)25;1-5(2,3)4/h13-15,17-18H,2-12H2,1H3;1H3,(H,2,3,4). The lowest BCUT2D eigenvalue weighted by molar-refractivity contribution is -0.0500. The Kier molecular flexibility index (Phi) is 12.5. The fraction of sp³-hybridized carbons (Fsp3) is 0.696. The summed E-state index contributed by atoms with van der Waals surface area (Å²) in [5, 5.41) is 9.25. The first kappa shape index (κ1) is 31.2. The zero-order chi connectivity index (χ0) is 26.7. The summed E-state index contributed by atoms with van der Waals surface area (Å²) >= 11 is 0. The molecule has 0 bridgehead atoms. The van der Waals surface area contributed by atoms with Gasteiger partial charge in [-0.3, -0.25) is 4.55 Å². The zero-order valence-corrected chi connectivity index (χ0v) is 21.7. The summed E-state index contributed by atoms with van der Waals surface area (Å²) in [5.74, 6) is 0.351. The molecule has 0 spiro atoms. The van der Waals surface area contributed by atoms with E-state index in [2.05, 4.69) is 11.1 Å². The Labute approximate surface area is 206 Å². The number of nitriles is 1. The lowest BCUT2D eigenvalue weighted by atomic mass is 9.77. The minimum absolute atomic E-state index is 0.200. The molecule has 1 aromatic rings. The molecule has 0 aliphatic heterocycles. The quantitative estimate of drug-likeness (QED) is 0.159. The van der Waals surface area contributed by atoms with Gasteiger partial charge in [-0.05, 0) is 55.2 Å². The summed E-state index contributed by atoms with van der Waals surface area (Å²) in [5.41, 5.74) is -4.89. The second-order valence-electron chi connectivity index (χ2n) is 8.86. The molecule has 12 heteroatoms. The molecule has 1 aromatic carbocycles. The summed E-state index contributed by atoms with van der Waals surface area (Å²) in [6.07, 6.45) is 13.8. The maximum absolute atomic E-state index is 12.5. The molecular formula is C23H34F3NO6S2. The molecule has 200 valence electrons. The maximum Gasteiger partial charge on any atom is 0.534 e. The molecule has 0 atom stereocenters. The smallest absolute Gasteiger partial charge is 0.375 e. The van der Waals surface area contributed by atoms with Crippen molar-refractivity contribution >= 4 is 20.2 Å². The van der Waals surface area contributed by atoms with Gasteiger partial charge in [-0.15, -0.1) is 0 Å². The van der Waals surface area contributed by atoms with Crippen molar-refractivity contribution in [1.29, 1.82) is 5.26 Å². The number of nitrogens with zero attached hydrogens (tertiary/aromatic N) is 1. The SMILES string of the molecule is CCCCCCCCC1CCC(c2ccc(OS(=O)(=O)C(F)(F)F)c(C#N)c2)CC1.CS(=O)(=O)O. The van der Waals surface area contributed by atoms with Crippen LogP contribution in [0, 0.1) is 17.2 Å². The van der Waals surface area contributed by atoms with Gasteiger partial charge < -0.3 is 4.18 Å². The average Bonchev–Trinajstić information content (AvgIpc) is 2.75. The van der Waals surface area contributed by atoms with Crippen molar-refractivity contribution in [1.82, 2.24) is 0 Å². The predicted molar refractivity (Wildman–Crippen MR) is 127 cm³/mol. The molecule has 1 fully saturated rings. The van der Waals surface area contributed by atoms with E-state index in [0.29, 0.717) is 12.2 Å². The van der Waals surface area contributed by atoms with Crippen LogP contribution < -0.4 is 4.18 Å². The van der Waals surface area contributed by atoms with Gasteiger partial charge in [0.2, 0.25) is 0 Å². The topological polar surface area (TPSA) is 122 Å². The van der Waals surface area contributed by atoms with Crippen LogP contribution in [0.1, 0.15) is 94.6 Å². The van der Waals surface area contributed by atoms with E-state index < -0.39 is 31.5 Å². The molecule has 0 radical (unpaired) electrons. The highest BCUT2D eigenvalue weighted by molar-refractivity contribution is 7.88. The fourth-order valence-electron chi connectivity index (χ4n) is 4.12. The Morgan fingerprint density at radius 1 is 1.03 bits per heavy atom. The van der Waals surface area contributed by atoms with Crippen LogP contribution in [0.2, 0.25) is 0 Å². The van der Waals surface area contributed by atoms with Gasteiger partial charge >= 0.3 is 15.6 Å². The fourth-order valence-corrected chi connectivity index (χ4v) is 4.60. The van der Waals surface area contributed by atoms with Crippen molar-refractivity contribution in [3.63, 3.8) is 0 Å². The average molecular weight is 542 g/mol. The molecule has 35 heavy (non-hydrogen) atoms. The van der Waals surface area contributed by atoms with Crippen LogP contribution in [0.3, 0.4) is 0 Å². The van der Waals surface area contributed by atoms with E-state index in [1.165, 1.54) is 51.0 Å². The zero-order valence-electron chi connectivity index (χ0n) is 20.1. The molecule has 0 saturated heterocycles. The van der Waals surface area contributed by atoms with Crippen molar-refractivity contribution < 1.29 is 38.7 Å². The number of hydrogen-bond acceptors (Lipinski definition) is 6. The van der Waals surface area contributed by atoms with Gasteiger partial charge in [0.1, 0.15) is 6.07 Å². The van der Waals surface area contributed by atoms with Gasteiger partial charge in [0.15, 0.2) is 5.75 Å². The van der Waals surface area contributed by atoms with E-state index in [9.17, 15) is 35.3 Å². The number of unbranched alkanes of at least 4 members (excludes halogenated alkanes) is 5. The summed E-state index contributed by atoms with van der Waals surface area (Å²) in [7, 11) is -9.46. The molecule has 2 rings (SSSR count). The highest BCUT2D eigenvalue weighted by atomic mass is 32.2. The normalized spacial score (nSPS) is 18.8. The number of alkyl halides is 3. The van der Waals surface area contributed by atoms with Crippen molar-refractivity contribution in [3.8, 4) is 11.8 Å². The van der Waals surface area contributed by atoms with Crippen molar-refractivity contribution in [2.45, 2.75) is 89.0 Å². The predicted octanol–water partition coefficient (Wildman–Crippen LogP) is 6.32. The lowest BCUT2D eigenvalue weighted by Gasteiger charge is -2.29. The second-order valence-corrected chi connectivity index (χ2v) is 11.9. The van der Waals surface area contributed by atoms with Gasteiger partial charge in [0.25, 0.3) is 10.1 Å². The molecule has 1 aliphatic rings. The number of halogens is 3. The third-order valence-electron chi connectivity index (χ3n) is 5.89. The molecular weight excluding hydrogens is 507 g/mol. The van der Waals surface area contributed by atoms with E-state index in [1.54, 1.807) is 12.1 Å². The van der Waals surface area contributed by atoms with Crippen LogP contribution in [-0.2, 0) is 20.2 Å². The maximum atomic E-state index is 12.5. The van der Waals surface area contributed by atoms with Gasteiger partial charge in [0, 0.05) is 0 Å².